The van der Waals surface area contributed by atoms with Gasteiger partial charge in [0.2, 0.25) is 15.9 Å². The van der Waals surface area contributed by atoms with Crippen LogP contribution in [0.15, 0.2) is 45.5 Å². The van der Waals surface area contributed by atoms with Gasteiger partial charge in [0, 0.05) is 29.5 Å². The average Bonchev–Trinajstić information content (AvgIpc) is 3.15. The van der Waals surface area contributed by atoms with E-state index in [1.807, 2.05) is 16.8 Å². The zero-order valence-corrected chi connectivity index (χ0v) is 14.5. The smallest absolute Gasteiger partial charge is 0.227 e. The Kier molecular flexibility index (Phi) is 4.79. The summed E-state index contributed by atoms with van der Waals surface area (Å²) in [6, 6.07) is 7.78. The van der Waals surface area contributed by atoms with E-state index >= 15 is 0 Å². The fourth-order valence-electron chi connectivity index (χ4n) is 2.21. The quantitative estimate of drug-likeness (QED) is 0.726. The first kappa shape index (κ1) is 16.8. The Morgan fingerprint density at radius 2 is 1.96 bits per heavy atom. The second kappa shape index (κ2) is 6.84. The number of hydrogen-bond acceptors (Lipinski definition) is 5. The van der Waals surface area contributed by atoms with Crippen molar-refractivity contribution in [3.8, 4) is 22.8 Å². The molecule has 24 heavy (non-hydrogen) atoms. The van der Waals surface area contributed by atoms with Gasteiger partial charge < -0.3 is 4.42 Å². The van der Waals surface area contributed by atoms with Crippen LogP contribution in [0, 0.1) is 5.82 Å². The van der Waals surface area contributed by atoms with Gasteiger partial charge in [0.15, 0.2) is 5.76 Å². The molecule has 8 heteroatoms. The van der Waals surface area contributed by atoms with E-state index in [-0.39, 0.29) is 12.4 Å². The Labute approximate surface area is 143 Å². The standard InChI is InChI=1S/C16H15FN2O3S2/c1-24(20,21)18-8-6-14-15(12-7-9-23-10-12)22-16(19-14)11-2-4-13(17)5-3-11/h2-5,7,9-10,18H,6,8H2,1H3. The number of halogens is 1. The van der Waals surface area contributed by atoms with Crippen molar-refractivity contribution in [2.45, 2.75) is 6.42 Å². The monoisotopic (exact) mass is 366 g/mol. The molecule has 2 heterocycles. The Bertz CT molecular complexity index is 917. The minimum atomic E-state index is -3.26. The highest BCUT2D eigenvalue weighted by molar-refractivity contribution is 7.88. The lowest BCUT2D eigenvalue weighted by Crippen LogP contribution is -2.24. The first-order valence-electron chi connectivity index (χ1n) is 7.15. The molecule has 0 radical (unpaired) electrons. The van der Waals surface area contributed by atoms with Crippen molar-refractivity contribution in [3.05, 3.63) is 52.6 Å². The third kappa shape index (κ3) is 4.08. The third-order valence-electron chi connectivity index (χ3n) is 3.30. The molecular formula is C16H15FN2O3S2. The normalized spacial score (nSPS) is 11.8. The van der Waals surface area contributed by atoms with Crippen LogP contribution in [0.2, 0.25) is 0 Å². The fourth-order valence-corrected chi connectivity index (χ4v) is 3.32. The number of aromatic nitrogens is 1. The van der Waals surface area contributed by atoms with Crippen LogP contribution in [0.25, 0.3) is 22.8 Å². The van der Waals surface area contributed by atoms with Crippen LogP contribution in [0.3, 0.4) is 0 Å². The first-order valence-corrected chi connectivity index (χ1v) is 9.98. The van der Waals surface area contributed by atoms with Crippen molar-refractivity contribution in [1.29, 1.82) is 0 Å². The molecule has 0 spiro atoms. The van der Waals surface area contributed by atoms with Crippen molar-refractivity contribution in [2.24, 2.45) is 0 Å². The first-order chi connectivity index (χ1) is 11.4. The van der Waals surface area contributed by atoms with Crippen LogP contribution in [0.5, 0.6) is 0 Å². The molecule has 0 saturated carbocycles. The minimum Gasteiger partial charge on any atom is -0.436 e. The molecule has 0 aliphatic heterocycles. The second-order valence-corrected chi connectivity index (χ2v) is 7.84. The van der Waals surface area contributed by atoms with Crippen LogP contribution in [0.4, 0.5) is 4.39 Å². The number of rotatable bonds is 6. The molecular weight excluding hydrogens is 351 g/mol. The summed E-state index contributed by atoms with van der Waals surface area (Å²) in [5.41, 5.74) is 2.20. The summed E-state index contributed by atoms with van der Waals surface area (Å²) < 4.78 is 43.8. The van der Waals surface area contributed by atoms with Gasteiger partial charge in [-0.15, -0.1) is 0 Å². The molecule has 0 aliphatic carbocycles. The summed E-state index contributed by atoms with van der Waals surface area (Å²) in [7, 11) is -3.26. The molecule has 3 rings (SSSR count). The Hall–Kier alpha value is -2.03. The highest BCUT2D eigenvalue weighted by Crippen LogP contribution is 2.31. The van der Waals surface area contributed by atoms with Gasteiger partial charge >= 0.3 is 0 Å². The number of nitrogens with one attached hydrogen (secondary N) is 1. The summed E-state index contributed by atoms with van der Waals surface area (Å²) in [4.78, 5) is 4.47. The van der Waals surface area contributed by atoms with E-state index < -0.39 is 10.0 Å². The van der Waals surface area contributed by atoms with Crippen molar-refractivity contribution in [2.75, 3.05) is 12.8 Å². The SMILES string of the molecule is CS(=O)(=O)NCCc1nc(-c2ccc(F)cc2)oc1-c1ccsc1. The molecule has 3 aromatic rings. The molecule has 126 valence electrons. The van der Waals surface area contributed by atoms with Crippen molar-refractivity contribution in [1.82, 2.24) is 9.71 Å². The summed E-state index contributed by atoms with van der Waals surface area (Å²) in [5, 5.41) is 3.86. The third-order valence-corrected chi connectivity index (χ3v) is 4.71. The highest BCUT2D eigenvalue weighted by Gasteiger charge is 2.17. The molecule has 0 atom stereocenters. The van der Waals surface area contributed by atoms with E-state index in [0.29, 0.717) is 29.3 Å². The second-order valence-electron chi connectivity index (χ2n) is 5.23. The number of benzene rings is 1. The number of oxazole rings is 1. The Balaban J connectivity index is 1.92. The molecule has 0 amide bonds. The lowest BCUT2D eigenvalue weighted by atomic mass is 10.2. The van der Waals surface area contributed by atoms with Crippen molar-refractivity contribution < 1.29 is 17.2 Å². The number of nitrogens with zero attached hydrogens (tertiary/aromatic N) is 1. The van der Waals surface area contributed by atoms with Gasteiger partial charge in [0.05, 0.1) is 11.9 Å². The van der Waals surface area contributed by atoms with Crippen LogP contribution in [-0.2, 0) is 16.4 Å². The van der Waals surface area contributed by atoms with E-state index in [0.717, 1.165) is 11.8 Å². The largest absolute Gasteiger partial charge is 0.436 e. The summed E-state index contributed by atoms with van der Waals surface area (Å²) in [6.07, 6.45) is 1.50. The van der Waals surface area contributed by atoms with Crippen LogP contribution < -0.4 is 4.72 Å². The zero-order valence-electron chi connectivity index (χ0n) is 12.8. The van der Waals surface area contributed by atoms with E-state index in [4.69, 9.17) is 4.42 Å². The number of sulfonamides is 1. The molecule has 1 N–H and O–H groups in total. The molecule has 0 saturated heterocycles. The van der Waals surface area contributed by atoms with Crippen molar-refractivity contribution in [3.63, 3.8) is 0 Å². The lowest BCUT2D eigenvalue weighted by molar-refractivity contribution is 0.583. The molecule has 5 nitrogen and oxygen atoms in total. The zero-order chi connectivity index (χ0) is 17.2. The predicted octanol–water partition coefficient (Wildman–Crippen LogP) is 3.30. The molecule has 0 aliphatic rings. The summed E-state index contributed by atoms with van der Waals surface area (Å²) >= 11 is 1.53. The topological polar surface area (TPSA) is 72.2 Å². The number of thiophene rings is 1. The van der Waals surface area contributed by atoms with Gasteiger partial charge in [-0.2, -0.15) is 11.3 Å². The van der Waals surface area contributed by atoms with Gasteiger partial charge in [-0.05, 0) is 35.7 Å². The van der Waals surface area contributed by atoms with Gasteiger partial charge in [-0.25, -0.2) is 22.5 Å². The summed E-state index contributed by atoms with van der Waals surface area (Å²) in [6.45, 7) is 0.228. The van der Waals surface area contributed by atoms with E-state index in [9.17, 15) is 12.8 Å². The molecule has 0 bridgehead atoms. The average molecular weight is 366 g/mol. The Morgan fingerprint density at radius 3 is 2.58 bits per heavy atom. The van der Waals surface area contributed by atoms with E-state index in [2.05, 4.69) is 9.71 Å². The summed E-state index contributed by atoms with van der Waals surface area (Å²) in [5.74, 6) is 0.650. The van der Waals surface area contributed by atoms with E-state index in [1.54, 1.807) is 12.1 Å². The maximum Gasteiger partial charge on any atom is 0.227 e. The van der Waals surface area contributed by atoms with Gasteiger partial charge in [-0.3, -0.25) is 0 Å². The van der Waals surface area contributed by atoms with Crippen LogP contribution in [0.1, 0.15) is 5.69 Å². The van der Waals surface area contributed by atoms with Crippen LogP contribution >= 0.6 is 11.3 Å². The fraction of sp³-hybridized carbons (Fsp3) is 0.188. The van der Waals surface area contributed by atoms with Gasteiger partial charge in [0.25, 0.3) is 0 Å². The lowest BCUT2D eigenvalue weighted by Gasteiger charge is -2.01. The molecule has 0 fully saturated rings. The van der Waals surface area contributed by atoms with Crippen molar-refractivity contribution >= 4 is 21.4 Å². The van der Waals surface area contributed by atoms with Crippen LogP contribution in [-0.4, -0.2) is 26.2 Å². The molecule has 0 unspecified atom stereocenters. The van der Waals surface area contributed by atoms with Gasteiger partial charge in [0.1, 0.15) is 5.82 Å². The Morgan fingerprint density at radius 1 is 1.21 bits per heavy atom. The number of hydrogen-bond donors (Lipinski definition) is 1. The van der Waals surface area contributed by atoms with E-state index in [1.165, 1.54) is 23.5 Å². The van der Waals surface area contributed by atoms with Gasteiger partial charge in [-0.1, -0.05) is 0 Å². The maximum absolute atomic E-state index is 13.1. The minimum absolute atomic E-state index is 0.228. The molecule has 2 aromatic heterocycles. The molecule has 1 aromatic carbocycles. The maximum atomic E-state index is 13.1. The predicted molar refractivity (Wildman–Crippen MR) is 91.8 cm³/mol. The highest BCUT2D eigenvalue weighted by atomic mass is 32.2.